The molecule has 0 radical (unpaired) electrons. The SMILES string of the molecule is Cc1cnc(N(C)C)n1-c1noc(C2CC2)n1. The highest BCUT2D eigenvalue weighted by Gasteiger charge is 2.30. The minimum Gasteiger partial charge on any atom is -0.348 e. The van der Waals surface area contributed by atoms with Crippen LogP contribution in [0.4, 0.5) is 5.95 Å². The van der Waals surface area contributed by atoms with Crippen molar-refractivity contribution < 1.29 is 4.52 Å². The van der Waals surface area contributed by atoms with Gasteiger partial charge in [-0.15, -0.1) is 0 Å². The van der Waals surface area contributed by atoms with Crippen LogP contribution in [0.3, 0.4) is 0 Å². The molecule has 2 aromatic heterocycles. The van der Waals surface area contributed by atoms with Gasteiger partial charge in [0, 0.05) is 25.7 Å². The van der Waals surface area contributed by atoms with Crippen molar-refractivity contribution in [3.05, 3.63) is 17.8 Å². The van der Waals surface area contributed by atoms with Crippen LogP contribution in [0.25, 0.3) is 5.95 Å². The number of hydrogen-bond acceptors (Lipinski definition) is 5. The molecule has 0 bridgehead atoms. The number of nitrogens with zero attached hydrogens (tertiary/aromatic N) is 5. The van der Waals surface area contributed by atoms with Crippen LogP contribution >= 0.6 is 0 Å². The minimum absolute atomic E-state index is 0.475. The summed E-state index contributed by atoms with van der Waals surface area (Å²) in [6.07, 6.45) is 4.12. The molecule has 6 heteroatoms. The molecule has 0 aromatic carbocycles. The number of aromatic nitrogens is 4. The third kappa shape index (κ3) is 1.69. The zero-order chi connectivity index (χ0) is 12.0. The van der Waals surface area contributed by atoms with Gasteiger partial charge in [-0.3, -0.25) is 0 Å². The Balaban J connectivity index is 2.03. The Bertz CT molecular complexity index is 538. The summed E-state index contributed by atoms with van der Waals surface area (Å²) in [4.78, 5) is 10.7. The fraction of sp³-hybridized carbons (Fsp3) is 0.545. The summed E-state index contributed by atoms with van der Waals surface area (Å²) in [6.45, 7) is 1.98. The van der Waals surface area contributed by atoms with E-state index in [0.717, 1.165) is 30.4 Å². The lowest BCUT2D eigenvalue weighted by atomic mass is 10.4. The van der Waals surface area contributed by atoms with Gasteiger partial charge in [0.2, 0.25) is 11.8 Å². The van der Waals surface area contributed by atoms with Gasteiger partial charge >= 0.3 is 0 Å². The summed E-state index contributed by atoms with van der Waals surface area (Å²) in [6, 6.07) is 0. The van der Waals surface area contributed by atoms with Crippen molar-refractivity contribution in [3.63, 3.8) is 0 Å². The zero-order valence-electron chi connectivity index (χ0n) is 10.2. The lowest BCUT2D eigenvalue weighted by Gasteiger charge is -2.12. The molecule has 0 aliphatic heterocycles. The van der Waals surface area contributed by atoms with Crippen LogP contribution in [0.15, 0.2) is 10.7 Å². The van der Waals surface area contributed by atoms with Gasteiger partial charge in [0.1, 0.15) is 0 Å². The number of imidazole rings is 1. The van der Waals surface area contributed by atoms with Gasteiger partial charge in [0.05, 0.1) is 6.20 Å². The third-order valence-electron chi connectivity index (χ3n) is 2.88. The van der Waals surface area contributed by atoms with Crippen LogP contribution in [-0.4, -0.2) is 33.8 Å². The van der Waals surface area contributed by atoms with E-state index in [2.05, 4.69) is 15.1 Å². The van der Waals surface area contributed by atoms with E-state index in [1.807, 2.05) is 36.7 Å². The van der Waals surface area contributed by atoms with Crippen LogP contribution < -0.4 is 4.90 Å². The molecule has 2 heterocycles. The number of aryl methyl sites for hydroxylation is 1. The van der Waals surface area contributed by atoms with Crippen molar-refractivity contribution in [1.29, 1.82) is 0 Å². The van der Waals surface area contributed by atoms with E-state index in [-0.39, 0.29) is 0 Å². The normalized spacial score (nSPS) is 15.2. The van der Waals surface area contributed by atoms with E-state index in [4.69, 9.17) is 4.52 Å². The molecule has 1 aliphatic carbocycles. The van der Waals surface area contributed by atoms with Gasteiger partial charge in [-0.05, 0) is 24.9 Å². The Morgan fingerprint density at radius 3 is 2.82 bits per heavy atom. The molecule has 2 aromatic rings. The average molecular weight is 233 g/mol. The fourth-order valence-corrected chi connectivity index (χ4v) is 1.80. The lowest BCUT2D eigenvalue weighted by Crippen LogP contribution is -2.15. The maximum Gasteiger partial charge on any atom is 0.277 e. The minimum atomic E-state index is 0.475. The van der Waals surface area contributed by atoms with Gasteiger partial charge in [0.25, 0.3) is 5.95 Å². The predicted octanol–water partition coefficient (Wildman–Crippen LogP) is 1.51. The first-order valence-corrected chi connectivity index (χ1v) is 5.72. The summed E-state index contributed by atoms with van der Waals surface area (Å²) in [7, 11) is 3.89. The zero-order valence-corrected chi connectivity index (χ0v) is 10.2. The molecule has 0 saturated heterocycles. The number of anilines is 1. The van der Waals surface area contributed by atoms with Crippen molar-refractivity contribution in [3.8, 4) is 5.95 Å². The standard InChI is InChI=1S/C11H15N5O/c1-7-6-12-11(15(2)3)16(7)10-13-9(17-14-10)8-4-5-8/h6,8H,4-5H2,1-3H3. The first kappa shape index (κ1) is 10.3. The molecule has 0 atom stereocenters. The summed E-state index contributed by atoms with van der Waals surface area (Å²) >= 11 is 0. The monoisotopic (exact) mass is 233 g/mol. The van der Waals surface area contributed by atoms with E-state index < -0.39 is 0 Å². The molecular weight excluding hydrogens is 218 g/mol. The first-order chi connectivity index (χ1) is 8.16. The van der Waals surface area contributed by atoms with Crippen molar-refractivity contribution in [1.82, 2.24) is 19.7 Å². The second kappa shape index (κ2) is 3.58. The van der Waals surface area contributed by atoms with Gasteiger partial charge in [-0.25, -0.2) is 9.55 Å². The molecule has 17 heavy (non-hydrogen) atoms. The second-order valence-electron chi connectivity index (χ2n) is 4.64. The molecular formula is C11H15N5O. The van der Waals surface area contributed by atoms with E-state index in [9.17, 15) is 0 Å². The van der Waals surface area contributed by atoms with E-state index >= 15 is 0 Å². The molecule has 0 unspecified atom stereocenters. The molecule has 0 N–H and O–H groups in total. The van der Waals surface area contributed by atoms with Crippen molar-refractivity contribution >= 4 is 5.95 Å². The number of hydrogen-bond donors (Lipinski definition) is 0. The summed E-state index contributed by atoms with van der Waals surface area (Å²) in [5, 5.41) is 4.03. The summed E-state index contributed by atoms with van der Waals surface area (Å²) < 4.78 is 7.17. The number of rotatable bonds is 3. The Hall–Kier alpha value is -1.85. The Labute approximate surface area is 99.3 Å². The first-order valence-electron chi connectivity index (χ1n) is 5.72. The Kier molecular flexibility index (Phi) is 2.17. The molecule has 3 rings (SSSR count). The molecule has 90 valence electrons. The topological polar surface area (TPSA) is 60.0 Å². The predicted molar refractivity (Wildman–Crippen MR) is 62.5 cm³/mol. The highest BCUT2D eigenvalue weighted by atomic mass is 16.5. The fourth-order valence-electron chi connectivity index (χ4n) is 1.80. The Morgan fingerprint density at radius 1 is 1.41 bits per heavy atom. The van der Waals surface area contributed by atoms with E-state index in [1.54, 1.807) is 0 Å². The molecule has 1 fully saturated rings. The van der Waals surface area contributed by atoms with Gasteiger partial charge in [-0.2, -0.15) is 4.98 Å². The van der Waals surface area contributed by atoms with Crippen molar-refractivity contribution in [2.24, 2.45) is 0 Å². The van der Waals surface area contributed by atoms with E-state index in [1.165, 1.54) is 0 Å². The molecule has 1 saturated carbocycles. The molecule has 1 aliphatic rings. The second-order valence-corrected chi connectivity index (χ2v) is 4.64. The van der Waals surface area contributed by atoms with Gasteiger partial charge in [-0.1, -0.05) is 0 Å². The maximum absolute atomic E-state index is 5.27. The van der Waals surface area contributed by atoms with Crippen LogP contribution in [-0.2, 0) is 0 Å². The van der Waals surface area contributed by atoms with Crippen LogP contribution in [0.2, 0.25) is 0 Å². The van der Waals surface area contributed by atoms with Gasteiger partial charge < -0.3 is 9.42 Å². The smallest absolute Gasteiger partial charge is 0.277 e. The maximum atomic E-state index is 5.27. The van der Waals surface area contributed by atoms with Crippen LogP contribution in [0, 0.1) is 6.92 Å². The van der Waals surface area contributed by atoms with Crippen molar-refractivity contribution in [2.45, 2.75) is 25.7 Å². The third-order valence-corrected chi connectivity index (χ3v) is 2.88. The largest absolute Gasteiger partial charge is 0.348 e. The molecule has 0 amide bonds. The van der Waals surface area contributed by atoms with Gasteiger partial charge in [0.15, 0.2) is 0 Å². The Morgan fingerprint density at radius 2 is 2.18 bits per heavy atom. The summed E-state index contributed by atoms with van der Waals surface area (Å²) in [5.41, 5.74) is 0.997. The quantitative estimate of drug-likeness (QED) is 0.804. The molecule has 0 spiro atoms. The van der Waals surface area contributed by atoms with Crippen LogP contribution in [0.1, 0.15) is 30.3 Å². The van der Waals surface area contributed by atoms with Crippen molar-refractivity contribution in [2.75, 3.05) is 19.0 Å². The summed E-state index contributed by atoms with van der Waals surface area (Å²) in [5.74, 6) is 2.61. The van der Waals surface area contributed by atoms with Crippen LogP contribution in [0.5, 0.6) is 0 Å². The average Bonchev–Trinajstić information content (AvgIpc) is 2.89. The van der Waals surface area contributed by atoms with E-state index in [0.29, 0.717) is 11.9 Å². The lowest BCUT2D eigenvalue weighted by molar-refractivity contribution is 0.377. The highest BCUT2D eigenvalue weighted by molar-refractivity contribution is 5.38. The highest BCUT2D eigenvalue weighted by Crippen LogP contribution is 2.39. The molecule has 6 nitrogen and oxygen atoms in total.